The summed E-state index contributed by atoms with van der Waals surface area (Å²) in [6, 6.07) is 22.2. The molecule has 1 aromatic heterocycles. The molecule has 0 atom stereocenters. The lowest BCUT2D eigenvalue weighted by atomic mass is 10.1. The van der Waals surface area contributed by atoms with Gasteiger partial charge in [0, 0.05) is 16.9 Å². The highest BCUT2D eigenvalue weighted by Crippen LogP contribution is 2.23. The molecular weight excluding hydrogens is 436 g/mol. The quantitative estimate of drug-likeness (QED) is 0.401. The van der Waals surface area contributed by atoms with Gasteiger partial charge in [0.2, 0.25) is 11.1 Å². The Bertz CT molecular complexity index is 1270. The zero-order chi connectivity index (χ0) is 23.2. The number of benzene rings is 3. The van der Waals surface area contributed by atoms with Gasteiger partial charge in [0.1, 0.15) is 0 Å². The largest absolute Gasteiger partial charge is 0.325 e. The molecule has 2 amide bonds. The monoisotopic (exact) mass is 458 g/mol. The van der Waals surface area contributed by atoms with Crippen LogP contribution in [0.2, 0.25) is 0 Å². The molecule has 33 heavy (non-hydrogen) atoms. The van der Waals surface area contributed by atoms with Gasteiger partial charge in [-0.1, -0.05) is 53.7 Å². The summed E-state index contributed by atoms with van der Waals surface area (Å²) in [6.45, 7) is 3.90. The Morgan fingerprint density at radius 3 is 2.45 bits per heavy atom. The van der Waals surface area contributed by atoms with Crippen LogP contribution in [0.1, 0.15) is 21.5 Å². The predicted octanol–water partition coefficient (Wildman–Crippen LogP) is 4.26. The van der Waals surface area contributed by atoms with Crippen LogP contribution in [-0.2, 0) is 4.79 Å². The minimum absolute atomic E-state index is 0.131. The maximum atomic E-state index is 12.5. The zero-order valence-electron chi connectivity index (χ0n) is 18.1. The van der Waals surface area contributed by atoms with Gasteiger partial charge in [0.15, 0.2) is 0 Å². The molecule has 0 aliphatic carbocycles. The summed E-state index contributed by atoms with van der Waals surface area (Å²) in [5.41, 5.74) is 4.65. The van der Waals surface area contributed by atoms with Crippen molar-refractivity contribution >= 4 is 35.0 Å². The topological polar surface area (TPSA) is 102 Å². The molecular formula is C24H22N6O2S. The Hall–Kier alpha value is -3.98. The molecule has 8 nitrogen and oxygen atoms in total. The van der Waals surface area contributed by atoms with Crippen LogP contribution < -0.4 is 10.6 Å². The molecule has 0 unspecified atom stereocenters. The van der Waals surface area contributed by atoms with E-state index >= 15 is 0 Å². The molecule has 4 rings (SSSR count). The van der Waals surface area contributed by atoms with Gasteiger partial charge >= 0.3 is 0 Å². The Morgan fingerprint density at radius 2 is 1.70 bits per heavy atom. The third-order valence-corrected chi connectivity index (χ3v) is 5.78. The molecule has 166 valence electrons. The van der Waals surface area contributed by atoms with Gasteiger partial charge in [-0.15, -0.1) is 5.10 Å². The van der Waals surface area contributed by atoms with Gasteiger partial charge in [-0.05, 0) is 66.2 Å². The summed E-state index contributed by atoms with van der Waals surface area (Å²) in [4.78, 5) is 25.0. The van der Waals surface area contributed by atoms with Crippen molar-refractivity contribution < 1.29 is 9.59 Å². The average Bonchev–Trinajstić information content (AvgIpc) is 3.29. The first-order chi connectivity index (χ1) is 16.0. The Kier molecular flexibility index (Phi) is 6.80. The van der Waals surface area contributed by atoms with Crippen LogP contribution in [0, 0.1) is 13.8 Å². The molecule has 0 aliphatic heterocycles. The fourth-order valence-electron chi connectivity index (χ4n) is 3.06. The fourth-order valence-corrected chi connectivity index (χ4v) is 3.75. The van der Waals surface area contributed by atoms with Crippen LogP contribution in [-0.4, -0.2) is 37.8 Å². The van der Waals surface area contributed by atoms with Gasteiger partial charge in [0.25, 0.3) is 5.91 Å². The number of aromatic nitrogens is 4. The molecule has 9 heteroatoms. The summed E-state index contributed by atoms with van der Waals surface area (Å²) in [5, 5.41) is 18.0. The molecule has 0 spiro atoms. The highest BCUT2D eigenvalue weighted by molar-refractivity contribution is 7.99. The number of anilines is 2. The molecule has 4 aromatic rings. The van der Waals surface area contributed by atoms with Gasteiger partial charge in [0.05, 0.1) is 11.4 Å². The first-order valence-corrected chi connectivity index (χ1v) is 11.2. The van der Waals surface area contributed by atoms with Gasteiger partial charge in [-0.25, -0.2) is 0 Å². The van der Waals surface area contributed by atoms with E-state index in [0.29, 0.717) is 22.1 Å². The van der Waals surface area contributed by atoms with Crippen LogP contribution in [0.4, 0.5) is 11.4 Å². The summed E-state index contributed by atoms with van der Waals surface area (Å²) in [5.74, 6) is -0.283. The van der Waals surface area contributed by atoms with Crippen molar-refractivity contribution in [1.29, 1.82) is 0 Å². The first-order valence-electron chi connectivity index (χ1n) is 10.2. The van der Waals surface area contributed by atoms with E-state index in [4.69, 9.17) is 0 Å². The van der Waals surface area contributed by atoms with Gasteiger partial charge in [-0.2, -0.15) is 4.68 Å². The van der Waals surface area contributed by atoms with Crippen LogP contribution >= 0.6 is 11.8 Å². The number of aryl methyl sites for hydroxylation is 2. The van der Waals surface area contributed by atoms with Crippen molar-refractivity contribution in [1.82, 2.24) is 20.2 Å². The summed E-state index contributed by atoms with van der Waals surface area (Å²) < 4.78 is 1.60. The molecule has 3 aromatic carbocycles. The van der Waals surface area contributed by atoms with E-state index in [9.17, 15) is 9.59 Å². The van der Waals surface area contributed by atoms with Crippen LogP contribution in [0.5, 0.6) is 0 Å². The Morgan fingerprint density at radius 1 is 0.939 bits per heavy atom. The highest BCUT2D eigenvalue weighted by Gasteiger charge is 2.13. The normalized spacial score (nSPS) is 10.6. The number of thioether (sulfide) groups is 1. The smallest absolute Gasteiger partial charge is 0.255 e. The maximum Gasteiger partial charge on any atom is 0.255 e. The second-order valence-corrected chi connectivity index (χ2v) is 8.34. The van der Waals surface area contributed by atoms with Crippen molar-refractivity contribution in [3.8, 4) is 5.69 Å². The van der Waals surface area contributed by atoms with Crippen LogP contribution in [0.3, 0.4) is 0 Å². The SMILES string of the molecule is Cc1ccc(-n2nnnc2SCC(=O)Nc2ccc(C)c(NC(=O)c3ccccc3)c2)cc1. The van der Waals surface area contributed by atoms with Gasteiger partial charge < -0.3 is 10.6 Å². The number of carbonyl (C=O) groups is 2. The zero-order valence-corrected chi connectivity index (χ0v) is 19.0. The standard InChI is InChI=1S/C24H22N6O2S/c1-16-8-12-20(13-9-16)30-24(27-28-29-30)33-15-22(31)25-19-11-10-17(2)21(14-19)26-23(32)18-6-4-3-5-7-18/h3-14H,15H2,1-2H3,(H,25,31)(H,26,32). The lowest BCUT2D eigenvalue weighted by molar-refractivity contribution is -0.113. The minimum atomic E-state index is -0.208. The van der Waals surface area contributed by atoms with Crippen molar-refractivity contribution in [3.05, 3.63) is 89.5 Å². The second kappa shape index (κ2) is 10.1. The van der Waals surface area contributed by atoms with Gasteiger partial charge in [-0.3, -0.25) is 9.59 Å². The summed E-state index contributed by atoms with van der Waals surface area (Å²) >= 11 is 1.24. The first kappa shape index (κ1) is 22.2. The number of rotatable bonds is 7. The number of amides is 2. The van der Waals surface area contributed by atoms with E-state index in [1.54, 1.807) is 28.9 Å². The number of nitrogens with one attached hydrogen (secondary N) is 2. The summed E-state index contributed by atoms with van der Waals surface area (Å²) in [6.07, 6.45) is 0. The van der Waals surface area contributed by atoms with E-state index in [-0.39, 0.29) is 17.6 Å². The van der Waals surface area contributed by atoms with E-state index in [1.165, 1.54) is 11.8 Å². The number of nitrogens with zero attached hydrogens (tertiary/aromatic N) is 4. The molecule has 0 bridgehead atoms. The second-order valence-electron chi connectivity index (χ2n) is 7.40. The van der Waals surface area contributed by atoms with E-state index < -0.39 is 0 Å². The van der Waals surface area contributed by atoms with E-state index in [0.717, 1.165) is 16.8 Å². The van der Waals surface area contributed by atoms with Crippen molar-refractivity contribution in [2.24, 2.45) is 0 Å². The molecule has 0 saturated heterocycles. The number of carbonyl (C=O) groups excluding carboxylic acids is 2. The Labute approximate surface area is 195 Å². The molecule has 2 N–H and O–H groups in total. The van der Waals surface area contributed by atoms with Crippen LogP contribution in [0.15, 0.2) is 78.0 Å². The molecule has 0 saturated carbocycles. The number of hydrogen-bond acceptors (Lipinski definition) is 6. The third-order valence-electron chi connectivity index (χ3n) is 4.86. The molecule has 0 aliphatic rings. The molecule has 0 radical (unpaired) electrons. The lowest BCUT2D eigenvalue weighted by Gasteiger charge is -2.12. The average molecular weight is 459 g/mol. The van der Waals surface area contributed by atoms with Crippen molar-refractivity contribution in [3.63, 3.8) is 0 Å². The third kappa shape index (κ3) is 5.64. The predicted molar refractivity (Wildman–Crippen MR) is 129 cm³/mol. The summed E-state index contributed by atoms with van der Waals surface area (Å²) in [7, 11) is 0. The fraction of sp³-hybridized carbons (Fsp3) is 0.125. The van der Waals surface area contributed by atoms with Crippen molar-refractivity contribution in [2.45, 2.75) is 19.0 Å². The van der Waals surface area contributed by atoms with E-state index in [1.807, 2.05) is 62.4 Å². The molecule has 1 heterocycles. The lowest BCUT2D eigenvalue weighted by Crippen LogP contribution is -2.16. The van der Waals surface area contributed by atoms with E-state index in [2.05, 4.69) is 26.2 Å². The molecule has 0 fully saturated rings. The minimum Gasteiger partial charge on any atom is -0.325 e. The number of hydrogen-bond donors (Lipinski definition) is 2. The highest BCUT2D eigenvalue weighted by atomic mass is 32.2. The Balaban J connectivity index is 1.38. The van der Waals surface area contributed by atoms with Crippen molar-refractivity contribution in [2.75, 3.05) is 16.4 Å². The number of tetrazole rings is 1. The van der Waals surface area contributed by atoms with Crippen LogP contribution in [0.25, 0.3) is 5.69 Å². The maximum absolute atomic E-state index is 12.5.